The van der Waals surface area contributed by atoms with Crippen LogP contribution in [-0.4, -0.2) is 15.4 Å². The van der Waals surface area contributed by atoms with Crippen molar-refractivity contribution in [3.63, 3.8) is 0 Å². The molecule has 1 unspecified atom stereocenters. The van der Waals surface area contributed by atoms with Crippen LogP contribution in [0.25, 0.3) is 0 Å². The number of rotatable bonds is 1. The van der Waals surface area contributed by atoms with Crippen molar-refractivity contribution in [3.05, 3.63) is 18.3 Å². The lowest BCUT2D eigenvalue weighted by molar-refractivity contribution is 1.10. The van der Waals surface area contributed by atoms with Crippen LogP contribution in [0.15, 0.2) is 28.2 Å². The van der Waals surface area contributed by atoms with Gasteiger partial charge < -0.3 is 4.72 Å². The van der Waals surface area contributed by atoms with Crippen molar-refractivity contribution in [3.8, 4) is 0 Å². The summed E-state index contributed by atoms with van der Waals surface area (Å²) >= 11 is 1.49. The van der Waals surface area contributed by atoms with E-state index in [0.717, 1.165) is 15.9 Å². The lowest BCUT2D eigenvalue weighted by Crippen LogP contribution is -2.27. The zero-order valence-corrected chi connectivity index (χ0v) is 10.2. The number of aromatic nitrogens is 1. The maximum Gasteiger partial charge on any atom is 0.184 e. The second-order valence-electron chi connectivity index (χ2n) is 3.33. The molecule has 0 aromatic carbocycles. The highest BCUT2D eigenvalue weighted by Crippen LogP contribution is 2.29. The van der Waals surface area contributed by atoms with Crippen LogP contribution >= 0.6 is 11.9 Å². The first-order valence-corrected chi connectivity index (χ1v) is 6.70. The maximum atomic E-state index is 7.96. The van der Waals surface area contributed by atoms with Crippen molar-refractivity contribution in [2.45, 2.75) is 24.0 Å². The summed E-state index contributed by atoms with van der Waals surface area (Å²) in [7, 11) is -0.587. The van der Waals surface area contributed by atoms with E-state index < -0.39 is 10.7 Å². The average molecular weight is 240 g/mol. The van der Waals surface area contributed by atoms with Gasteiger partial charge in [-0.15, -0.1) is 0 Å². The van der Waals surface area contributed by atoms with Gasteiger partial charge in [0.25, 0.3) is 0 Å². The van der Waals surface area contributed by atoms with Gasteiger partial charge in [0.1, 0.15) is 0 Å². The predicted octanol–water partition coefficient (Wildman–Crippen LogP) is 2.47. The Balaban J connectivity index is 2.33. The van der Waals surface area contributed by atoms with Crippen LogP contribution in [0.3, 0.4) is 0 Å². The van der Waals surface area contributed by atoms with E-state index >= 15 is 0 Å². The zero-order chi connectivity index (χ0) is 10.8. The van der Waals surface area contributed by atoms with Crippen LogP contribution in [0.2, 0.25) is 0 Å². The Labute approximate surface area is 95.6 Å². The molecule has 1 atom stereocenters. The summed E-state index contributed by atoms with van der Waals surface area (Å²) in [6, 6.07) is 3.86. The Morgan fingerprint density at radius 1 is 1.53 bits per heavy atom. The highest BCUT2D eigenvalue weighted by atomic mass is 32.2. The summed E-state index contributed by atoms with van der Waals surface area (Å²) in [5, 5.41) is 1.00. The molecule has 80 valence electrons. The SMILES string of the molecule is CC(C)S(=N)C1=Nc2ncccc2SN1. The molecule has 4 nitrogen and oxygen atoms in total. The maximum absolute atomic E-state index is 7.96. The zero-order valence-electron chi connectivity index (χ0n) is 8.52. The first-order chi connectivity index (χ1) is 7.18. The Kier molecular flexibility index (Phi) is 3.06. The summed E-state index contributed by atoms with van der Waals surface area (Å²) in [6.45, 7) is 4.05. The third-order valence-corrected chi connectivity index (χ3v) is 4.40. The van der Waals surface area contributed by atoms with Gasteiger partial charge in [0, 0.05) is 11.4 Å². The molecule has 6 heteroatoms. The highest BCUT2D eigenvalue weighted by molar-refractivity contribution is 8.06. The topological polar surface area (TPSA) is 61.1 Å². The van der Waals surface area contributed by atoms with E-state index in [1.807, 2.05) is 26.0 Å². The molecule has 0 amide bonds. The number of hydrogen-bond donors (Lipinski definition) is 2. The van der Waals surface area contributed by atoms with Gasteiger partial charge in [-0.25, -0.2) is 9.98 Å². The highest BCUT2D eigenvalue weighted by Gasteiger charge is 2.16. The van der Waals surface area contributed by atoms with Crippen LogP contribution in [-0.2, 0) is 10.7 Å². The normalized spacial score (nSPS) is 16.6. The Bertz CT molecular complexity index is 428. The third-order valence-electron chi connectivity index (χ3n) is 1.89. The molecule has 0 aliphatic carbocycles. The summed E-state index contributed by atoms with van der Waals surface area (Å²) in [5.41, 5.74) is 0. The predicted molar refractivity (Wildman–Crippen MR) is 65.5 cm³/mol. The van der Waals surface area contributed by atoms with Gasteiger partial charge in [-0.05, 0) is 34.8 Å². The van der Waals surface area contributed by atoms with E-state index in [2.05, 4.69) is 14.7 Å². The smallest absolute Gasteiger partial charge is 0.184 e. The van der Waals surface area contributed by atoms with Gasteiger partial charge in [0.2, 0.25) is 0 Å². The minimum Gasteiger partial charge on any atom is -0.304 e. The van der Waals surface area contributed by atoms with Gasteiger partial charge in [-0.2, -0.15) is 0 Å². The fourth-order valence-corrected chi connectivity index (χ4v) is 2.78. The van der Waals surface area contributed by atoms with E-state index in [9.17, 15) is 0 Å². The molecule has 0 saturated heterocycles. The molecule has 1 aliphatic rings. The van der Waals surface area contributed by atoms with Crippen molar-refractivity contribution in [2.75, 3.05) is 0 Å². The van der Waals surface area contributed by atoms with Crippen molar-refractivity contribution in [1.82, 2.24) is 9.71 Å². The molecule has 1 aromatic rings. The standard InChI is InChI=1S/C9H12N4S2/c1-6(2)15(10)9-12-8-7(14-13-9)4-3-5-11-8/h3-6,10H,1-2H3,(H,11,12,13). The van der Waals surface area contributed by atoms with Crippen molar-refractivity contribution in [2.24, 2.45) is 4.99 Å². The lowest BCUT2D eigenvalue weighted by Gasteiger charge is -2.18. The second kappa shape index (κ2) is 4.32. The summed E-state index contributed by atoms with van der Waals surface area (Å²) in [6.07, 6.45) is 1.73. The van der Waals surface area contributed by atoms with Crippen LogP contribution in [0.1, 0.15) is 13.8 Å². The van der Waals surface area contributed by atoms with Gasteiger partial charge in [-0.1, -0.05) is 13.8 Å². The largest absolute Gasteiger partial charge is 0.304 e. The van der Waals surface area contributed by atoms with E-state index in [1.54, 1.807) is 6.20 Å². The van der Waals surface area contributed by atoms with Crippen LogP contribution < -0.4 is 4.72 Å². The number of fused-ring (bicyclic) bond motifs is 1. The summed E-state index contributed by atoms with van der Waals surface area (Å²) < 4.78 is 11.1. The number of nitrogens with one attached hydrogen (secondary N) is 2. The monoisotopic (exact) mass is 240 g/mol. The number of pyridine rings is 1. The van der Waals surface area contributed by atoms with Crippen LogP contribution in [0.4, 0.5) is 5.82 Å². The lowest BCUT2D eigenvalue weighted by atomic mass is 10.5. The number of amidine groups is 1. The summed E-state index contributed by atoms with van der Waals surface area (Å²) in [5.74, 6) is 0.724. The fraction of sp³-hybridized carbons (Fsp3) is 0.333. The molecule has 2 rings (SSSR count). The van der Waals surface area contributed by atoms with Crippen LogP contribution in [0, 0.1) is 4.78 Å². The molecule has 2 heterocycles. The summed E-state index contributed by atoms with van der Waals surface area (Å²) in [4.78, 5) is 9.56. The number of nitrogens with zero attached hydrogens (tertiary/aromatic N) is 2. The minimum atomic E-state index is -0.587. The quantitative estimate of drug-likeness (QED) is 0.741. The Morgan fingerprint density at radius 3 is 3.07 bits per heavy atom. The van der Waals surface area contributed by atoms with E-state index in [4.69, 9.17) is 4.78 Å². The molecular formula is C9H12N4S2. The molecule has 0 spiro atoms. The van der Waals surface area contributed by atoms with Crippen molar-refractivity contribution in [1.29, 1.82) is 4.78 Å². The van der Waals surface area contributed by atoms with E-state index in [0.29, 0.717) is 0 Å². The molecule has 2 N–H and O–H groups in total. The fourth-order valence-electron chi connectivity index (χ4n) is 1.08. The molecule has 0 bridgehead atoms. The van der Waals surface area contributed by atoms with Gasteiger partial charge in [-0.3, -0.25) is 4.78 Å². The Hall–Kier alpha value is -0.880. The molecule has 0 radical (unpaired) electrons. The molecule has 15 heavy (non-hydrogen) atoms. The minimum absolute atomic E-state index is 0.280. The average Bonchev–Trinajstić information content (AvgIpc) is 2.27. The van der Waals surface area contributed by atoms with Crippen LogP contribution in [0.5, 0.6) is 0 Å². The number of hydrogen-bond acceptors (Lipinski definition) is 5. The van der Waals surface area contributed by atoms with Crippen molar-refractivity contribution >= 4 is 33.6 Å². The van der Waals surface area contributed by atoms with Gasteiger partial charge in [0.15, 0.2) is 11.0 Å². The number of aliphatic imine (C=N–C) groups is 1. The van der Waals surface area contributed by atoms with Gasteiger partial charge >= 0.3 is 0 Å². The molecule has 1 aromatic heterocycles. The van der Waals surface area contributed by atoms with E-state index in [1.165, 1.54) is 11.9 Å². The third kappa shape index (κ3) is 2.21. The van der Waals surface area contributed by atoms with Crippen molar-refractivity contribution < 1.29 is 0 Å². The molecular weight excluding hydrogens is 228 g/mol. The molecule has 1 aliphatic heterocycles. The first-order valence-electron chi connectivity index (χ1n) is 4.59. The van der Waals surface area contributed by atoms with E-state index in [-0.39, 0.29) is 5.25 Å². The second-order valence-corrected chi connectivity index (χ2v) is 6.19. The molecule has 0 saturated carbocycles. The molecule has 0 fully saturated rings. The van der Waals surface area contributed by atoms with Gasteiger partial charge in [0.05, 0.1) is 4.90 Å². The first kappa shape index (κ1) is 10.6. The Morgan fingerprint density at radius 2 is 2.33 bits per heavy atom.